The van der Waals surface area contributed by atoms with Gasteiger partial charge in [0.05, 0.1) is 11.9 Å². The van der Waals surface area contributed by atoms with E-state index in [0.29, 0.717) is 0 Å². The van der Waals surface area contributed by atoms with E-state index in [1.807, 2.05) is 0 Å². The van der Waals surface area contributed by atoms with Crippen LogP contribution in [0.3, 0.4) is 0 Å². The molecule has 0 aliphatic rings. The quantitative estimate of drug-likeness (QED) is 0.336. The molecule has 0 fully saturated rings. The van der Waals surface area contributed by atoms with Gasteiger partial charge in [-0.3, -0.25) is 4.55 Å². The lowest BCUT2D eigenvalue weighted by atomic mass is 10.3. The Balaban J connectivity index is 3.27. The van der Waals surface area contributed by atoms with Gasteiger partial charge in [-0.2, -0.15) is 8.42 Å². The first-order valence-electron chi connectivity index (χ1n) is 4.20. The minimum atomic E-state index is -4.30. The van der Waals surface area contributed by atoms with Gasteiger partial charge in [0.1, 0.15) is 4.90 Å². The minimum absolute atomic E-state index is 0.224. The van der Waals surface area contributed by atoms with Gasteiger partial charge >= 0.3 is 0 Å². The standard InChI is InChI=1S/C8H13N3O3S/c1-5(9)11-7-3-2-6(10)4-8(7)15(12,13)14/h2-5,11H,9-10H2,1H3,(H,12,13,14). The summed E-state index contributed by atoms with van der Waals surface area (Å²) in [6.45, 7) is 1.64. The molecule has 0 saturated carbocycles. The zero-order valence-corrected chi connectivity index (χ0v) is 8.95. The first-order valence-corrected chi connectivity index (χ1v) is 5.64. The van der Waals surface area contributed by atoms with Gasteiger partial charge in [-0.05, 0) is 25.1 Å². The summed E-state index contributed by atoms with van der Waals surface area (Å²) in [5.74, 6) is 0. The SMILES string of the molecule is CC(N)Nc1ccc(N)cc1S(=O)(=O)O. The molecule has 0 aliphatic carbocycles. The van der Waals surface area contributed by atoms with Gasteiger partial charge in [0.25, 0.3) is 10.1 Å². The van der Waals surface area contributed by atoms with Gasteiger partial charge in [0.15, 0.2) is 0 Å². The summed E-state index contributed by atoms with van der Waals surface area (Å²) in [5, 5.41) is 2.69. The maximum Gasteiger partial charge on any atom is 0.296 e. The second-order valence-corrected chi connectivity index (χ2v) is 4.55. The second-order valence-electron chi connectivity index (χ2n) is 3.16. The number of rotatable bonds is 3. The number of anilines is 2. The van der Waals surface area contributed by atoms with Crippen molar-refractivity contribution in [3.63, 3.8) is 0 Å². The molecule has 15 heavy (non-hydrogen) atoms. The molecule has 1 unspecified atom stereocenters. The Labute approximate surface area is 88.0 Å². The predicted octanol–water partition coefficient (Wildman–Crippen LogP) is 0.232. The monoisotopic (exact) mass is 231 g/mol. The van der Waals surface area contributed by atoms with Crippen LogP contribution >= 0.6 is 0 Å². The molecule has 6 nitrogen and oxygen atoms in total. The van der Waals surface area contributed by atoms with E-state index in [-0.39, 0.29) is 16.3 Å². The van der Waals surface area contributed by atoms with Crippen LogP contribution in [0.1, 0.15) is 6.92 Å². The van der Waals surface area contributed by atoms with Crippen molar-refractivity contribution in [3.05, 3.63) is 18.2 Å². The van der Waals surface area contributed by atoms with Crippen LogP contribution in [-0.4, -0.2) is 19.1 Å². The lowest BCUT2D eigenvalue weighted by molar-refractivity contribution is 0.483. The fraction of sp³-hybridized carbons (Fsp3) is 0.250. The molecule has 1 atom stereocenters. The third-order valence-electron chi connectivity index (χ3n) is 1.67. The van der Waals surface area contributed by atoms with Gasteiger partial charge in [-0.25, -0.2) is 0 Å². The van der Waals surface area contributed by atoms with E-state index < -0.39 is 16.3 Å². The molecule has 0 saturated heterocycles. The summed E-state index contributed by atoms with van der Waals surface area (Å²) in [6.07, 6.45) is -0.436. The highest BCUT2D eigenvalue weighted by molar-refractivity contribution is 7.86. The Morgan fingerprint density at radius 2 is 2.07 bits per heavy atom. The van der Waals surface area contributed by atoms with Crippen LogP contribution in [0.2, 0.25) is 0 Å². The molecule has 0 aliphatic heterocycles. The Morgan fingerprint density at radius 1 is 1.47 bits per heavy atom. The Morgan fingerprint density at radius 3 is 2.53 bits per heavy atom. The first-order chi connectivity index (χ1) is 6.80. The van der Waals surface area contributed by atoms with Crippen molar-refractivity contribution in [1.29, 1.82) is 0 Å². The molecule has 1 rings (SSSR count). The molecule has 6 N–H and O–H groups in total. The summed E-state index contributed by atoms with van der Waals surface area (Å²) < 4.78 is 31.0. The van der Waals surface area contributed by atoms with Crippen LogP contribution in [-0.2, 0) is 10.1 Å². The van der Waals surface area contributed by atoms with E-state index in [2.05, 4.69) is 5.32 Å². The van der Waals surface area contributed by atoms with E-state index in [9.17, 15) is 8.42 Å². The summed E-state index contributed by atoms with van der Waals surface area (Å²) in [6, 6.07) is 4.13. The molecule has 0 amide bonds. The Bertz CT molecular complexity index is 456. The van der Waals surface area contributed by atoms with Gasteiger partial charge in [0.2, 0.25) is 0 Å². The maximum absolute atomic E-state index is 11.0. The molecular weight excluding hydrogens is 218 g/mol. The lowest BCUT2D eigenvalue weighted by Gasteiger charge is -2.13. The maximum atomic E-state index is 11.0. The third kappa shape index (κ3) is 3.08. The lowest BCUT2D eigenvalue weighted by Crippen LogP contribution is -2.26. The fourth-order valence-corrected chi connectivity index (χ4v) is 1.81. The molecule has 0 spiro atoms. The zero-order valence-electron chi connectivity index (χ0n) is 8.14. The highest BCUT2D eigenvalue weighted by atomic mass is 32.2. The van der Waals surface area contributed by atoms with Crippen molar-refractivity contribution in [2.45, 2.75) is 18.0 Å². The van der Waals surface area contributed by atoms with Gasteiger partial charge in [0, 0.05) is 5.69 Å². The molecule has 0 bridgehead atoms. The van der Waals surface area contributed by atoms with E-state index in [0.717, 1.165) is 0 Å². The smallest absolute Gasteiger partial charge is 0.296 e. The summed E-state index contributed by atoms with van der Waals surface area (Å²) in [7, 11) is -4.30. The zero-order chi connectivity index (χ0) is 11.6. The molecule has 7 heteroatoms. The summed E-state index contributed by atoms with van der Waals surface area (Å²) in [4.78, 5) is -0.278. The number of nitrogens with two attached hydrogens (primary N) is 2. The van der Waals surface area contributed by atoms with Crippen molar-refractivity contribution in [1.82, 2.24) is 0 Å². The largest absolute Gasteiger partial charge is 0.399 e. The highest BCUT2D eigenvalue weighted by Gasteiger charge is 2.16. The summed E-state index contributed by atoms with van der Waals surface area (Å²) >= 11 is 0. The van der Waals surface area contributed by atoms with Gasteiger partial charge in [-0.15, -0.1) is 0 Å². The van der Waals surface area contributed by atoms with Crippen LogP contribution in [0.5, 0.6) is 0 Å². The predicted molar refractivity (Wildman–Crippen MR) is 57.9 cm³/mol. The fourth-order valence-electron chi connectivity index (χ4n) is 1.12. The van der Waals surface area contributed by atoms with Crippen LogP contribution in [0, 0.1) is 0 Å². The van der Waals surface area contributed by atoms with Crippen LogP contribution < -0.4 is 16.8 Å². The van der Waals surface area contributed by atoms with Crippen molar-refractivity contribution in [2.24, 2.45) is 5.73 Å². The van der Waals surface area contributed by atoms with Crippen molar-refractivity contribution in [2.75, 3.05) is 11.1 Å². The Kier molecular flexibility index (Phi) is 3.18. The first kappa shape index (κ1) is 11.8. The van der Waals surface area contributed by atoms with Gasteiger partial charge in [-0.1, -0.05) is 0 Å². The second kappa shape index (κ2) is 4.05. The molecule has 1 aromatic carbocycles. The van der Waals surface area contributed by atoms with E-state index in [4.69, 9.17) is 16.0 Å². The number of hydrogen-bond donors (Lipinski definition) is 4. The van der Waals surface area contributed by atoms with Crippen molar-refractivity contribution in [3.8, 4) is 0 Å². The molecule has 0 aromatic heterocycles. The van der Waals surface area contributed by atoms with Gasteiger partial charge < -0.3 is 16.8 Å². The van der Waals surface area contributed by atoms with Crippen LogP contribution in [0.25, 0.3) is 0 Å². The normalized spacial score (nSPS) is 13.5. The average Bonchev–Trinajstić information content (AvgIpc) is 2.05. The Hall–Kier alpha value is -1.31. The molecule has 0 radical (unpaired) electrons. The van der Waals surface area contributed by atoms with Crippen molar-refractivity contribution >= 4 is 21.5 Å². The number of nitrogen functional groups attached to an aromatic ring is 1. The molecular formula is C8H13N3O3S. The topological polar surface area (TPSA) is 118 Å². The number of hydrogen-bond acceptors (Lipinski definition) is 5. The van der Waals surface area contributed by atoms with E-state index >= 15 is 0 Å². The minimum Gasteiger partial charge on any atom is -0.399 e. The average molecular weight is 231 g/mol. The van der Waals surface area contributed by atoms with E-state index in [1.54, 1.807) is 6.92 Å². The number of benzene rings is 1. The molecule has 0 heterocycles. The van der Waals surface area contributed by atoms with Crippen molar-refractivity contribution < 1.29 is 13.0 Å². The molecule has 84 valence electrons. The highest BCUT2D eigenvalue weighted by Crippen LogP contribution is 2.23. The molecule has 1 aromatic rings. The van der Waals surface area contributed by atoms with Crippen LogP contribution in [0.4, 0.5) is 11.4 Å². The number of nitrogens with one attached hydrogen (secondary N) is 1. The van der Waals surface area contributed by atoms with E-state index in [1.165, 1.54) is 18.2 Å². The summed E-state index contributed by atoms with van der Waals surface area (Å²) in [5.41, 5.74) is 11.3. The third-order valence-corrected chi connectivity index (χ3v) is 2.56. The van der Waals surface area contributed by atoms with Crippen LogP contribution in [0.15, 0.2) is 23.1 Å².